The molecule has 86 valence electrons. The number of hydrogen-bond donors (Lipinski definition) is 2. The normalized spacial score (nSPS) is 32.9. The van der Waals surface area contributed by atoms with Gasteiger partial charge < -0.3 is 5.11 Å². The van der Waals surface area contributed by atoms with Crippen molar-refractivity contribution in [3.8, 4) is 0 Å². The van der Waals surface area contributed by atoms with Crippen molar-refractivity contribution >= 4 is 29.1 Å². The second-order valence-corrected chi connectivity index (χ2v) is 6.60. The average Bonchev–Trinajstić information content (AvgIpc) is 2.86. The van der Waals surface area contributed by atoms with E-state index in [9.17, 15) is 4.79 Å². The Morgan fingerprint density at radius 3 is 3.25 bits per heavy atom. The highest BCUT2D eigenvalue weighted by atomic mass is 32.2. The molecule has 2 heterocycles. The Morgan fingerprint density at radius 2 is 2.50 bits per heavy atom. The van der Waals surface area contributed by atoms with Gasteiger partial charge in [0.05, 0.1) is 4.87 Å². The van der Waals surface area contributed by atoms with Crippen LogP contribution >= 0.6 is 23.1 Å². The largest absolute Gasteiger partial charge is 0.480 e. The predicted molar refractivity (Wildman–Crippen MR) is 66.0 cm³/mol. The summed E-state index contributed by atoms with van der Waals surface area (Å²) in [7, 11) is 0. The number of thioether (sulfide) groups is 1. The summed E-state index contributed by atoms with van der Waals surface area (Å²) in [6.45, 7) is 0. The molecule has 2 atom stereocenters. The summed E-state index contributed by atoms with van der Waals surface area (Å²) in [6, 6.07) is 1.76. The van der Waals surface area contributed by atoms with E-state index >= 15 is 0 Å². The number of fused-ring (bicyclic) bond motifs is 2. The first-order chi connectivity index (χ1) is 7.71. The lowest BCUT2D eigenvalue weighted by molar-refractivity contribution is -0.138. The maximum atomic E-state index is 11.0. The van der Waals surface area contributed by atoms with Crippen LogP contribution in [0.1, 0.15) is 23.3 Å². The van der Waals surface area contributed by atoms with Crippen LogP contribution in [-0.4, -0.2) is 22.9 Å². The van der Waals surface area contributed by atoms with E-state index in [-0.39, 0.29) is 4.87 Å². The van der Waals surface area contributed by atoms with Crippen molar-refractivity contribution < 1.29 is 9.90 Å². The molecule has 1 aliphatic heterocycles. The molecular formula is C11H13NO2S2. The molecule has 0 bridgehead atoms. The molecule has 1 fully saturated rings. The molecule has 1 unspecified atom stereocenters. The summed E-state index contributed by atoms with van der Waals surface area (Å²) in [5.74, 6) is -0.0586. The van der Waals surface area contributed by atoms with E-state index in [1.165, 1.54) is 10.4 Å². The minimum Gasteiger partial charge on any atom is -0.480 e. The lowest BCUT2D eigenvalue weighted by Crippen LogP contribution is -2.44. The lowest BCUT2D eigenvalue weighted by atomic mass is 9.93. The predicted octanol–water partition coefficient (Wildman–Crippen LogP) is 2.03. The van der Waals surface area contributed by atoms with E-state index in [1.807, 2.05) is 0 Å². The zero-order valence-corrected chi connectivity index (χ0v) is 10.4. The standard InChI is InChI=1S/C11H13NO2S2/c13-10(14)8-6-16-11(12-8)4-1-2-9-7(11)3-5-15-9/h3,5,8,12H,1-2,4,6H2,(H,13,14)/t8-,11?/m0/s1. The van der Waals surface area contributed by atoms with Crippen LogP contribution in [0.3, 0.4) is 0 Å². The fraction of sp³-hybridized carbons (Fsp3) is 0.545. The number of aliphatic carboxylic acids is 1. The molecule has 16 heavy (non-hydrogen) atoms. The lowest BCUT2D eigenvalue weighted by Gasteiger charge is -2.33. The van der Waals surface area contributed by atoms with Gasteiger partial charge in [0, 0.05) is 10.6 Å². The Balaban J connectivity index is 1.94. The fourth-order valence-corrected chi connectivity index (χ4v) is 5.15. The van der Waals surface area contributed by atoms with E-state index in [1.54, 1.807) is 23.1 Å². The zero-order chi connectivity index (χ0) is 11.2. The van der Waals surface area contributed by atoms with E-state index in [0.717, 1.165) is 19.3 Å². The second kappa shape index (κ2) is 3.75. The van der Waals surface area contributed by atoms with Crippen LogP contribution in [0.5, 0.6) is 0 Å². The molecule has 1 saturated heterocycles. The summed E-state index contributed by atoms with van der Waals surface area (Å²) < 4.78 is 0. The Morgan fingerprint density at radius 1 is 1.62 bits per heavy atom. The molecule has 2 aliphatic rings. The topological polar surface area (TPSA) is 49.3 Å². The fourth-order valence-electron chi connectivity index (χ4n) is 2.55. The van der Waals surface area contributed by atoms with E-state index in [2.05, 4.69) is 16.8 Å². The van der Waals surface area contributed by atoms with Crippen LogP contribution in [0, 0.1) is 0 Å². The number of carbonyl (C=O) groups is 1. The summed E-state index contributed by atoms with van der Waals surface area (Å²) >= 11 is 3.56. The first kappa shape index (κ1) is 10.6. The molecule has 1 spiro atoms. The van der Waals surface area contributed by atoms with Crippen molar-refractivity contribution in [1.82, 2.24) is 5.32 Å². The SMILES string of the molecule is O=C(O)[C@@H]1CSC2(CCCc3sccc32)N1. The molecule has 2 N–H and O–H groups in total. The average molecular weight is 255 g/mol. The highest BCUT2D eigenvalue weighted by Crippen LogP contribution is 2.49. The van der Waals surface area contributed by atoms with Crippen LogP contribution < -0.4 is 5.32 Å². The Hall–Kier alpha value is -0.520. The van der Waals surface area contributed by atoms with Gasteiger partial charge in [-0.15, -0.1) is 23.1 Å². The number of hydrogen-bond acceptors (Lipinski definition) is 4. The number of nitrogens with one attached hydrogen (secondary N) is 1. The van der Waals surface area contributed by atoms with Crippen molar-refractivity contribution in [3.63, 3.8) is 0 Å². The van der Waals surface area contributed by atoms with Crippen molar-refractivity contribution in [1.29, 1.82) is 0 Å². The number of aryl methyl sites for hydroxylation is 1. The minimum atomic E-state index is -0.730. The maximum absolute atomic E-state index is 11.0. The minimum absolute atomic E-state index is 0.114. The maximum Gasteiger partial charge on any atom is 0.321 e. The third kappa shape index (κ3) is 1.49. The Labute approximate surface area is 102 Å². The summed E-state index contributed by atoms with van der Waals surface area (Å²) in [5, 5.41) is 14.5. The molecular weight excluding hydrogens is 242 g/mol. The van der Waals surface area contributed by atoms with Gasteiger partial charge in [-0.25, -0.2) is 0 Å². The molecule has 1 aromatic rings. The van der Waals surface area contributed by atoms with Crippen LogP contribution in [-0.2, 0) is 16.1 Å². The molecule has 0 radical (unpaired) electrons. The van der Waals surface area contributed by atoms with Gasteiger partial charge in [0.25, 0.3) is 0 Å². The molecule has 1 aromatic heterocycles. The Kier molecular flexibility index (Phi) is 2.49. The van der Waals surface area contributed by atoms with Crippen LogP contribution in [0.15, 0.2) is 11.4 Å². The monoisotopic (exact) mass is 255 g/mol. The van der Waals surface area contributed by atoms with Gasteiger partial charge in [-0.3, -0.25) is 10.1 Å². The Bertz CT molecular complexity index is 431. The van der Waals surface area contributed by atoms with Crippen LogP contribution in [0.4, 0.5) is 0 Å². The van der Waals surface area contributed by atoms with Gasteiger partial charge in [-0.05, 0) is 36.3 Å². The van der Waals surface area contributed by atoms with Gasteiger partial charge in [0.1, 0.15) is 6.04 Å². The first-order valence-corrected chi connectivity index (χ1v) is 7.29. The van der Waals surface area contributed by atoms with Crippen molar-refractivity contribution in [2.24, 2.45) is 0 Å². The molecule has 0 saturated carbocycles. The van der Waals surface area contributed by atoms with Gasteiger partial charge in [0.2, 0.25) is 0 Å². The number of thiophene rings is 1. The molecule has 1 aliphatic carbocycles. The summed E-state index contributed by atoms with van der Waals surface area (Å²) in [5.41, 5.74) is 1.33. The van der Waals surface area contributed by atoms with Gasteiger partial charge in [0.15, 0.2) is 0 Å². The highest BCUT2D eigenvalue weighted by molar-refractivity contribution is 8.00. The number of rotatable bonds is 1. The summed E-state index contributed by atoms with van der Waals surface area (Å²) in [6.07, 6.45) is 3.35. The third-order valence-corrected chi connectivity index (χ3v) is 5.83. The third-order valence-electron chi connectivity index (χ3n) is 3.32. The molecule has 5 heteroatoms. The number of carboxylic acids is 1. The molecule has 3 rings (SSSR count). The van der Waals surface area contributed by atoms with E-state index < -0.39 is 12.0 Å². The van der Waals surface area contributed by atoms with Crippen molar-refractivity contribution in [2.75, 3.05) is 5.75 Å². The zero-order valence-electron chi connectivity index (χ0n) is 8.73. The van der Waals surface area contributed by atoms with Crippen molar-refractivity contribution in [2.45, 2.75) is 30.2 Å². The molecule has 0 amide bonds. The van der Waals surface area contributed by atoms with Crippen molar-refractivity contribution in [3.05, 3.63) is 21.9 Å². The van der Waals surface area contributed by atoms with Gasteiger partial charge >= 0.3 is 5.97 Å². The first-order valence-electron chi connectivity index (χ1n) is 5.43. The quantitative estimate of drug-likeness (QED) is 0.806. The van der Waals surface area contributed by atoms with E-state index in [4.69, 9.17) is 5.11 Å². The molecule has 3 nitrogen and oxygen atoms in total. The second-order valence-electron chi connectivity index (χ2n) is 4.28. The smallest absolute Gasteiger partial charge is 0.321 e. The van der Waals surface area contributed by atoms with Crippen LogP contribution in [0.2, 0.25) is 0 Å². The van der Waals surface area contributed by atoms with Gasteiger partial charge in [-0.2, -0.15) is 0 Å². The summed E-state index contributed by atoms with van der Waals surface area (Å²) in [4.78, 5) is 12.3. The van der Waals surface area contributed by atoms with Crippen LogP contribution in [0.25, 0.3) is 0 Å². The van der Waals surface area contributed by atoms with Gasteiger partial charge in [-0.1, -0.05) is 0 Å². The van der Waals surface area contributed by atoms with E-state index in [0.29, 0.717) is 5.75 Å². The molecule has 0 aromatic carbocycles. The highest BCUT2D eigenvalue weighted by Gasteiger charge is 2.45. The number of carboxylic acid groups (broad SMARTS) is 1.